The zero-order valence-electron chi connectivity index (χ0n) is 19.5. The number of carbonyl (C=O) groups is 1. The lowest BCUT2D eigenvalue weighted by Crippen LogP contribution is -2.51. The summed E-state index contributed by atoms with van der Waals surface area (Å²) in [6, 6.07) is 12.8. The van der Waals surface area contributed by atoms with Crippen LogP contribution in [0.1, 0.15) is 58.2 Å². The minimum absolute atomic E-state index is 0.0647. The largest absolute Gasteiger partial charge is 0.362 e. The van der Waals surface area contributed by atoms with Gasteiger partial charge in [0.15, 0.2) is 11.9 Å². The number of rotatable bonds is 3. The lowest BCUT2D eigenvalue weighted by molar-refractivity contribution is -0.119. The number of aromatic nitrogens is 1. The summed E-state index contributed by atoms with van der Waals surface area (Å²) in [4.78, 5) is 18.0. The molecule has 2 aromatic rings. The SMILES string of the molecule is CC[C@]1(c2cccc(-c3ccnc(C)c3)c2)C2=C(CC(C)(C)CC2=O)NC2N=NC(C)=C21. The van der Waals surface area contributed by atoms with Gasteiger partial charge in [-0.25, -0.2) is 0 Å². The van der Waals surface area contributed by atoms with E-state index in [2.05, 4.69) is 71.6 Å². The summed E-state index contributed by atoms with van der Waals surface area (Å²) in [5, 5.41) is 12.6. The molecule has 0 spiro atoms. The molecule has 2 atom stereocenters. The quantitative estimate of drug-likeness (QED) is 0.653. The van der Waals surface area contributed by atoms with Crippen LogP contribution in [0.5, 0.6) is 0 Å². The maximum absolute atomic E-state index is 13.7. The van der Waals surface area contributed by atoms with Crippen molar-refractivity contribution < 1.29 is 4.79 Å². The Labute approximate surface area is 189 Å². The van der Waals surface area contributed by atoms with Gasteiger partial charge < -0.3 is 5.32 Å². The molecule has 5 heteroatoms. The molecule has 164 valence electrons. The Balaban J connectivity index is 1.77. The molecule has 1 aromatic carbocycles. The first-order valence-corrected chi connectivity index (χ1v) is 11.4. The lowest BCUT2D eigenvalue weighted by atomic mass is 9.58. The molecule has 0 saturated heterocycles. The number of hydrogen-bond donors (Lipinski definition) is 1. The van der Waals surface area contributed by atoms with Gasteiger partial charge in [-0.1, -0.05) is 39.0 Å². The summed E-state index contributed by atoms with van der Waals surface area (Å²) in [5.74, 6) is 0.237. The van der Waals surface area contributed by atoms with Crippen molar-refractivity contribution in [1.29, 1.82) is 0 Å². The van der Waals surface area contributed by atoms with E-state index in [9.17, 15) is 4.79 Å². The molecule has 3 heterocycles. The molecular formula is C27H30N4O. The van der Waals surface area contributed by atoms with E-state index in [1.165, 1.54) is 0 Å². The van der Waals surface area contributed by atoms with Crippen LogP contribution in [0.25, 0.3) is 11.1 Å². The third kappa shape index (κ3) is 3.06. The fourth-order valence-electron chi connectivity index (χ4n) is 5.90. The van der Waals surface area contributed by atoms with Gasteiger partial charge in [-0.15, -0.1) is 0 Å². The monoisotopic (exact) mass is 426 g/mol. The average molecular weight is 427 g/mol. The van der Waals surface area contributed by atoms with E-state index in [-0.39, 0.29) is 17.4 Å². The van der Waals surface area contributed by atoms with E-state index in [0.717, 1.165) is 57.8 Å². The maximum Gasteiger partial charge on any atom is 0.165 e. The van der Waals surface area contributed by atoms with Gasteiger partial charge >= 0.3 is 0 Å². The highest BCUT2D eigenvalue weighted by Crippen LogP contribution is 2.55. The number of hydrogen-bond acceptors (Lipinski definition) is 5. The molecule has 0 amide bonds. The standard InChI is InChI=1S/C27H30N4O/c1-6-27(20-9-7-8-18(13-20)19-10-11-28-16(2)12-19)23-17(3)30-31-25(23)29-21-14-26(4,5)15-22(32)24(21)27/h7-13,25,29H,6,14-15H2,1-5H3/t25?,27-/m1/s1. The highest BCUT2D eigenvalue weighted by molar-refractivity contribution is 6.01. The molecular weight excluding hydrogens is 396 g/mol. The predicted molar refractivity (Wildman–Crippen MR) is 126 cm³/mol. The van der Waals surface area contributed by atoms with Crippen molar-refractivity contribution in [1.82, 2.24) is 10.3 Å². The summed E-state index contributed by atoms with van der Waals surface area (Å²) in [7, 11) is 0. The molecule has 1 aromatic heterocycles. The van der Waals surface area contributed by atoms with Crippen molar-refractivity contribution in [3.63, 3.8) is 0 Å². The van der Waals surface area contributed by atoms with Crippen LogP contribution in [-0.2, 0) is 10.2 Å². The number of Topliss-reactive ketones (excluding diaryl/α,β-unsaturated/α-hetero) is 1. The average Bonchev–Trinajstić information content (AvgIpc) is 3.12. The Hall–Kier alpha value is -3.08. The molecule has 2 aliphatic heterocycles. The van der Waals surface area contributed by atoms with Crippen LogP contribution < -0.4 is 5.32 Å². The number of nitrogens with zero attached hydrogens (tertiary/aromatic N) is 3. The van der Waals surface area contributed by atoms with Crippen molar-refractivity contribution in [3.8, 4) is 11.1 Å². The molecule has 1 unspecified atom stereocenters. The van der Waals surface area contributed by atoms with Gasteiger partial charge in [0.25, 0.3) is 0 Å². The minimum atomic E-state index is -0.523. The van der Waals surface area contributed by atoms with E-state index < -0.39 is 5.41 Å². The van der Waals surface area contributed by atoms with E-state index in [0.29, 0.717) is 6.42 Å². The van der Waals surface area contributed by atoms with Crippen molar-refractivity contribution in [2.75, 3.05) is 0 Å². The zero-order chi connectivity index (χ0) is 22.7. The van der Waals surface area contributed by atoms with Crippen molar-refractivity contribution in [2.45, 2.75) is 65.5 Å². The maximum atomic E-state index is 13.7. The Bertz CT molecular complexity index is 1220. The van der Waals surface area contributed by atoms with Crippen molar-refractivity contribution in [3.05, 3.63) is 76.4 Å². The summed E-state index contributed by atoms with van der Waals surface area (Å²) in [6.45, 7) is 10.5. The summed E-state index contributed by atoms with van der Waals surface area (Å²) < 4.78 is 0. The van der Waals surface area contributed by atoms with E-state index in [4.69, 9.17) is 0 Å². The zero-order valence-corrected chi connectivity index (χ0v) is 19.5. The van der Waals surface area contributed by atoms with Gasteiger partial charge in [-0.3, -0.25) is 9.78 Å². The molecule has 0 fully saturated rings. The molecule has 1 N–H and O–H groups in total. The highest BCUT2D eigenvalue weighted by atomic mass is 16.1. The van der Waals surface area contributed by atoms with Crippen LogP contribution in [0, 0.1) is 12.3 Å². The number of allylic oxidation sites excluding steroid dienone is 3. The molecule has 0 bridgehead atoms. The third-order valence-electron chi connectivity index (χ3n) is 7.17. The molecule has 0 saturated carbocycles. The van der Waals surface area contributed by atoms with Crippen molar-refractivity contribution >= 4 is 5.78 Å². The molecule has 0 radical (unpaired) electrons. The first-order chi connectivity index (χ1) is 15.2. The molecule has 5 rings (SSSR count). The van der Waals surface area contributed by atoms with Gasteiger partial charge in [0.05, 0.1) is 11.1 Å². The van der Waals surface area contributed by atoms with Crippen LogP contribution in [-0.4, -0.2) is 16.9 Å². The smallest absolute Gasteiger partial charge is 0.165 e. The number of carbonyl (C=O) groups excluding carboxylic acids is 1. The fraction of sp³-hybridized carbons (Fsp3) is 0.407. The van der Waals surface area contributed by atoms with Gasteiger partial charge in [0.2, 0.25) is 0 Å². The number of ketones is 1. The Morgan fingerprint density at radius 3 is 2.62 bits per heavy atom. The first-order valence-electron chi connectivity index (χ1n) is 11.4. The number of azo groups is 1. The lowest BCUT2D eigenvalue weighted by Gasteiger charge is -2.48. The number of nitrogens with one attached hydrogen (secondary N) is 1. The predicted octanol–water partition coefficient (Wildman–Crippen LogP) is 6.02. The van der Waals surface area contributed by atoms with E-state index in [1.807, 2.05) is 26.1 Å². The number of aryl methyl sites for hydroxylation is 1. The number of fused-ring (bicyclic) bond motifs is 1. The summed E-state index contributed by atoms with van der Waals surface area (Å²) in [5.41, 5.74) is 7.80. The molecule has 1 aliphatic carbocycles. The second-order valence-electron chi connectivity index (χ2n) is 10.1. The fourth-order valence-corrected chi connectivity index (χ4v) is 5.90. The Morgan fingerprint density at radius 2 is 1.88 bits per heavy atom. The minimum Gasteiger partial charge on any atom is -0.362 e. The normalized spacial score (nSPS) is 26.2. The van der Waals surface area contributed by atoms with Gasteiger partial charge in [0.1, 0.15) is 0 Å². The van der Waals surface area contributed by atoms with E-state index in [1.54, 1.807) is 0 Å². The second-order valence-corrected chi connectivity index (χ2v) is 10.1. The van der Waals surface area contributed by atoms with Crippen molar-refractivity contribution in [2.24, 2.45) is 15.6 Å². The van der Waals surface area contributed by atoms with Crippen LogP contribution in [0.2, 0.25) is 0 Å². The van der Waals surface area contributed by atoms with E-state index >= 15 is 0 Å². The van der Waals surface area contributed by atoms with Crippen LogP contribution in [0.3, 0.4) is 0 Å². The summed E-state index contributed by atoms with van der Waals surface area (Å²) >= 11 is 0. The van der Waals surface area contributed by atoms with Gasteiger partial charge in [-0.2, -0.15) is 10.2 Å². The van der Waals surface area contributed by atoms with Gasteiger partial charge in [-0.05, 0) is 67.0 Å². The summed E-state index contributed by atoms with van der Waals surface area (Å²) in [6.07, 6.45) is 3.83. The number of benzene rings is 1. The van der Waals surface area contributed by atoms with Gasteiger partial charge in [0, 0.05) is 35.2 Å². The second kappa shape index (κ2) is 7.22. The van der Waals surface area contributed by atoms with Crippen LogP contribution in [0.15, 0.2) is 75.4 Å². The Morgan fingerprint density at radius 1 is 1.09 bits per heavy atom. The van der Waals surface area contributed by atoms with Crippen LogP contribution >= 0.6 is 0 Å². The number of pyridine rings is 1. The van der Waals surface area contributed by atoms with Crippen LogP contribution in [0.4, 0.5) is 0 Å². The molecule has 5 nitrogen and oxygen atoms in total. The first kappa shape index (κ1) is 20.8. The highest BCUT2D eigenvalue weighted by Gasteiger charge is 2.53. The topological polar surface area (TPSA) is 66.7 Å². The molecule has 32 heavy (non-hydrogen) atoms. The third-order valence-corrected chi connectivity index (χ3v) is 7.17. The molecule has 3 aliphatic rings. The Kier molecular flexibility index (Phi) is 4.70.